The molecule has 2 N–H and O–H groups in total. The molecule has 0 spiro atoms. The minimum absolute atomic E-state index is 0.00285. The van der Waals surface area contributed by atoms with Crippen molar-refractivity contribution in [1.29, 1.82) is 0 Å². The largest absolute Gasteiger partial charge is 0.491 e. The molecule has 0 aliphatic heterocycles. The summed E-state index contributed by atoms with van der Waals surface area (Å²) in [6, 6.07) is 30.4. The molecule has 0 fully saturated rings. The first kappa shape index (κ1) is 46.8. The lowest BCUT2D eigenvalue weighted by Gasteiger charge is -2.35. The van der Waals surface area contributed by atoms with Gasteiger partial charge in [-0.05, 0) is 95.2 Å². The van der Waals surface area contributed by atoms with Crippen LogP contribution in [0.4, 0.5) is 0 Å². The fraction of sp³-hybridized carbons (Fsp3) is 0.412. The monoisotopic (exact) mass is 834 g/mol. The highest BCUT2D eigenvalue weighted by Crippen LogP contribution is 2.56. The SMILES string of the molecule is C=C(C)C(=O)OCC(O)COCCOc1ccc(C2(c3ccc(OCCOCC(O)COC(=O)C(=C)C)c(CC(C)C)c3)c3ccccc3-c3ccccc32)cc1CC(C)C. The number of hydrogen-bond acceptors (Lipinski definition) is 10. The maximum Gasteiger partial charge on any atom is 0.333 e. The third-order valence-electron chi connectivity index (χ3n) is 10.3. The first-order valence-electron chi connectivity index (χ1n) is 21.1. The van der Waals surface area contributed by atoms with Gasteiger partial charge in [-0.3, -0.25) is 0 Å². The first-order valence-corrected chi connectivity index (χ1v) is 21.1. The molecule has 0 saturated heterocycles. The summed E-state index contributed by atoms with van der Waals surface area (Å²) in [6.07, 6.45) is -0.331. The van der Waals surface area contributed by atoms with E-state index in [2.05, 4.69) is 126 Å². The lowest BCUT2D eigenvalue weighted by molar-refractivity contribution is -0.143. The number of esters is 2. The van der Waals surface area contributed by atoms with Crippen molar-refractivity contribution in [1.82, 2.24) is 0 Å². The minimum Gasteiger partial charge on any atom is -0.491 e. The number of benzene rings is 4. The zero-order valence-electron chi connectivity index (χ0n) is 36.5. The number of aliphatic hydroxyl groups excluding tert-OH is 2. The number of rotatable bonds is 24. The van der Waals surface area contributed by atoms with E-state index >= 15 is 0 Å². The Kier molecular flexibility index (Phi) is 16.9. The topological polar surface area (TPSA) is 130 Å². The van der Waals surface area contributed by atoms with Gasteiger partial charge in [0.05, 0.1) is 31.8 Å². The fourth-order valence-corrected chi connectivity index (χ4v) is 7.68. The van der Waals surface area contributed by atoms with Crippen molar-refractivity contribution in [3.63, 3.8) is 0 Å². The van der Waals surface area contributed by atoms with E-state index in [1.54, 1.807) is 13.8 Å². The van der Waals surface area contributed by atoms with E-state index in [4.69, 9.17) is 28.4 Å². The first-order chi connectivity index (χ1) is 29.2. The second-order valence-corrected chi connectivity index (χ2v) is 16.6. The summed E-state index contributed by atoms with van der Waals surface area (Å²) in [5, 5.41) is 20.4. The highest BCUT2D eigenvalue weighted by Gasteiger charge is 2.46. The predicted molar refractivity (Wildman–Crippen MR) is 237 cm³/mol. The summed E-state index contributed by atoms with van der Waals surface area (Å²) in [7, 11) is 0. The molecule has 1 aliphatic rings. The van der Waals surface area contributed by atoms with Crippen molar-refractivity contribution < 1.29 is 48.2 Å². The van der Waals surface area contributed by atoms with Crippen LogP contribution in [0.15, 0.2) is 109 Å². The second-order valence-electron chi connectivity index (χ2n) is 16.6. The van der Waals surface area contributed by atoms with E-state index in [9.17, 15) is 19.8 Å². The van der Waals surface area contributed by atoms with Gasteiger partial charge < -0.3 is 38.6 Å². The third-order valence-corrected chi connectivity index (χ3v) is 10.3. The molecule has 10 nitrogen and oxygen atoms in total. The molecular formula is C51H62O10. The van der Waals surface area contributed by atoms with Crippen molar-refractivity contribution in [2.75, 3.05) is 52.9 Å². The number of fused-ring (bicyclic) bond motifs is 3. The van der Waals surface area contributed by atoms with E-state index in [-0.39, 0.29) is 64.0 Å². The Morgan fingerprint density at radius 1 is 0.574 bits per heavy atom. The number of aliphatic hydroxyl groups is 2. The number of carbonyl (C=O) groups is 2. The van der Waals surface area contributed by atoms with Crippen LogP contribution in [0.25, 0.3) is 11.1 Å². The van der Waals surface area contributed by atoms with Gasteiger partial charge in [-0.1, -0.05) is 114 Å². The molecule has 326 valence electrons. The van der Waals surface area contributed by atoms with Crippen molar-refractivity contribution in [2.45, 2.75) is 72.0 Å². The third kappa shape index (κ3) is 12.0. The molecule has 0 amide bonds. The second kappa shape index (κ2) is 22.0. The molecular weight excluding hydrogens is 773 g/mol. The zero-order valence-corrected chi connectivity index (χ0v) is 36.5. The molecule has 61 heavy (non-hydrogen) atoms. The summed E-state index contributed by atoms with van der Waals surface area (Å²) < 4.78 is 34.1. The van der Waals surface area contributed by atoms with Crippen molar-refractivity contribution in [2.24, 2.45) is 11.8 Å². The molecule has 0 saturated carbocycles. The Morgan fingerprint density at radius 2 is 0.967 bits per heavy atom. The summed E-state index contributed by atoms with van der Waals surface area (Å²) in [5.74, 6) is 1.16. The lowest BCUT2D eigenvalue weighted by Crippen LogP contribution is -2.29. The molecule has 10 heteroatoms. The Morgan fingerprint density at radius 3 is 1.34 bits per heavy atom. The molecule has 4 aromatic carbocycles. The van der Waals surface area contributed by atoms with Gasteiger partial charge in [0.2, 0.25) is 0 Å². The summed E-state index contributed by atoms with van der Waals surface area (Å²) in [4.78, 5) is 23.3. The van der Waals surface area contributed by atoms with Gasteiger partial charge in [0.1, 0.15) is 50.1 Å². The van der Waals surface area contributed by atoms with Crippen molar-refractivity contribution >= 4 is 11.9 Å². The van der Waals surface area contributed by atoms with Crippen LogP contribution in [0.3, 0.4) is 0 Å². The quantitative estimate of drug-likeness (QED) is 0.0357. The standard InChI is InChI=1S/C51H62O10/c1-33(2)25-37-27-39(17-19-47(37)58-23-21-56-29-41(52)31-60-49(54)35(5)6)51(45-15-11-9-13-43(45)44-14-10-12-16-46(44)51)40-18-20-48(38(28-40)26-34(3)4)59-24-22-57-30-42(53)32-61-50(55)36(7)8/h9-20,27-28,33-34,41-42,52-53H,5,7,21-26,29-32H2,1-4,6,8H3. The number of ether oxygens (including phenoxy) is 6. The average molecular weight is 835 g/mol. The van der Waals surface area contributed by atoms with Crippen LogP contribution in [0.5, 0.6) is 11.5 Å². The van der Waals surface area contributed by atoms with Crippen LogP contribution in [0.2, 0.25) is 0 Å². The van der Waals surface area contributed by atoms with Crippen LogP contribution >= 0.6 is 0 Å². The Bertz CT molecular complexity index is 1980. The molecule has 0 radical (unpaired) electrons. The van der Waals surface area contributed by atoms with Gasteiger partial charge in [-0.25, -0.2) is 9.59 Å². The molecule has 0 bridgehead atoms. The number of hydrogen-bond donors (Lipinski definition) is 2. The Hall–Kier alpha value is -5.26. The van der Waals surface area contributed by atoms with E-state index < -0.39 is 29.6 Å². The Balaban J connectivity index is 1.43. The van der Waals surface area contributed by atoms with Gasteiger partial charge in [0, 0.05) is 11.1 Å². The fourth-order valence-electron chi connectivity index (χ4n) is 7.68. The summed E-state index contributed by atoms with van der Waals surface area (Å²) in [5.41, 5.74) is 9.10. The maximum absolute atomic E-state index is 11.7. The average Bonchev–Trinajstić information content (AvgIpc) is 3.53. The van der Waals surface area contributed by atoms with E-state index in [1.807, 2.05) is 0 Å². The molecule has 0 heterocycles. The highest BCUT2D eigenvalue weighted by molar-refractivity contribution is 5.88. The predicted octanol–water partition coefficient (Wildman–Crippen LogP) is 8.20. The van der Waals surface area contributed by atoms with Gasteiger partial charge in [-0.15, -0.1) is 0 Å². The van der Waals surface area contributed by atoms with Gasteiger partial charge >= 0.3 is 11.9 Å². The molecule has 2 unspecified atom stereocenters. The van der Waals surface area contributed by atoms with Crippen LogP contribution in [0, 0.1) is 11.8 Å². The molecule has 0 aromatic heterocycles. The normalized spacial score (nSPS) is 13.6. The van der Waals surface area contributed by atoms with E-state index in [1.165, 1.54) is 22.3 Å². The molecule has 2 atom stereocenters. The maximum atomic E-state index is 11.7. The van der Waals surface area contributed by atoms with Crippen LogP contribution < -0.4 is 9.47 Å². The van der Waals surface area contributed by atoms with Crippen LogP contribution in [-0.4, -0.2) is 87.2 Å². The minimum atomic E-state index is -0.957. The molecule has 5 rings (SSSR count). The Labute approximate surface area is 361 Å². The van der Waals surface area contributed by atoms with Crippen molar-refractivity contribution in [3.05, 3.63) is 143 Å². The summed E-state index contributed by atoms with van der Waals surface area (Å²) >= 11 is 0. The number of carbonyl (C=O) groups excluding carboxylic acids is 2. The smallest absolute Gasteiger partial charge is 0.333 e. The highest BCUT2D eigenvalue weighted by atomic mass is 16.6. The zero-order chi connectivity index (χ0) is 44.1. The van der Waals surface area contributed by atoms with Crippen LogP contribution in [0.1, 0.15) is 74.9 Å². The van der Waals surface area contributed by atoms with Gasteiger partial charge in [0.15, 0.2) is 0 Å². The lowest BCUT2D eigenvalue weighted by atomic mass is 9.67. The molecule has 4 aromatic rings. The van der Waals surface area contributed by atoms with E-state index in [0.29, 0.717) is 11.8 Å². The summed E-state index contributed by atoms with van der Waals surface area (Å²) in [6.45, 7) is 19.7. The van der Waals surface area contributed by atoms with Crippen molar-refractivity contribution in [3.8, 4) is 22.6 Å². The molecule has 1 aliphatic carbocycles. The van der Waals surface area contributed by atoms with Gasteiger partial charge in [0.25, 0.3) is 0 Å². The van der Waals surface area contributed by atoms with Crippen LogP contribution in [-0.2, 0) is 46.8 Å². The van der Waals surface area contributed by atoms with Gasteiger partial charge in [-0.2, -0.15) is 0 Å². The van der Waals surface area contributed by atoms with E-state index in [0.717, 1.165) is 46.6 Å².